The Kier molecular flexibility index (Phi) is 3.81. The van der Waals surface area contributed by atoms with Crippen LogP contribution in [0.2, 0.25) is 5.02 Å². The maximum absolute atomic E-state index is 10.7. The summed E-state index contributed by atoms with van der Waals surface area (Å²) in [4.78, 5) is 10.7. The van der Waals surface area contributed by atoms with Gasteiger partial charge in [0.2, 0.25) is 6.79 Å². The van der Waals surface area contributed by atoms with Gasteiger partial charge in [-0.1, -0.05) is 32.4 Å². The largest absolute Gasteiger partial charge is 0.453 e. The second kappa shape index (κ2) is 5.19. The summed E-state index contributed by atoms with van der Waals surface area (Å²) in [5, 5.41) is 0.555. The van der Waals surface area contributed by atoms with Crippen LogP contribution in [0.25, 0.3) is 0 Å². The van der Waals surface area contributed by atoms with Crippen molar-refractivity contribution in [1.82, 2.24) is 0 Å². The van der Waals surface area contributed by atoms with Crippen molar-refractivity contribution in [2.24, 2.45) is 0 Å². The molecule has 0 amide bonds. The van der Waals surface area contributed by atoms with Crippen LogP contribution in [0, 0.1) is 0 Å². The van der Waals surface area contributed by atoms with Crippen molar-refractivity contribution in [1.29, 1.82) is 0 Å². The molecule has 2 rings (SSSR count). The molecule has 1 heterocycles. The minimum atomic E-state index is 0.131. The molecule has 98 valence electrons. The van der Waals surface area contributed by atoms with Gasteiger partial charge in [0.15, 0.2) is 11.5 Å². The summed E-state index contributed by atoms with van der Waals surface area (Å²) < 4.78 is 10.9. The molecule has 0 aromatic heterocycles. The van der Waals surface area contributed by atoms with E-state index in [1.807, 2.05) is 13.0 Å². The lowest BCUT2D eigenvalue weighted by molar-refractivity contribution is -0.108. The number of halogens is 1. The van der Waals surface area contributed by atoms with Gasteiger partial charge in [-0.05, 0) is 23.5 Å². The lowest BCUT2D eigenvalue weighted by Crippen LogP contribution is -2.04. The fourth-order valence-corrected chi connectivity index (χ4v) is 2.60. The fourth-order valence-electron chi connectivity index (χ4n) is 2.34. The predicted molar refractivity (Wildman–Crippen MR) is 70.8 cm³/mol. The van der Waals surface area contributed by atoms with Crippen LogP contribution >= 0.6 is 11.6 Å². The topological polar surface area (TPSA) is 35.5 Å². The molecule has 1 unspecified atom stereocenters. The molecular formula is C14H17ClO3. The summed E-state index contributed by atoms with van der Waals surface area (Å²) >= 11 is 6.20. The molecule has 1 aromatic rings. The molecule has 4 heteroatoms. The highest BCUT2D eigenvalue weighted by Gasteiger charge is 2.27. The van der Waals surface area contributed by atoms with Gasteiger partial charge in [0.05, 0.1) is 5.02 Å². The van der Waals surface area contributed by atoms with E-state index in [4.69, 9.17) is 21.1 Å². The normalized spacial score (nSPS) is 14.9. The van der Waals surface area contributed by atoms with Gasteiger partial charge in [-0.2, -0.15) is 0 Å². The number of ether oxygens (including phenoxy) is 2. The number of aldehydes is 1. The molecule has 0 spiro atoms. The van der Waals surface area contributed by atoms with Crippen molar-refractivity contribution in [3.05, 3.63) is 22.2 Å². The minimum absolute atomic E-state index is 0.131. The van der Waals surface area contributed by atoms with E-state index in [0.717, 1.165) is 23.2 Å². The highest BCUT2D eigenvalue weighted by Crippen LogP contribution is 2.48. The summed E-state index contributed by atoms with van der Waals surface area (Å²) in [5.74, 6) is 1.79. The molecule has 0 bridgehead atoms. The SMILES string of the molecule is CC(C)c1c(C(C)CC=O)cc(Cl)c2c1OCO2. The van der Waals surface area contributed by atoms with E-state index in [1.165, 1.54) is 0 Å². The summed E-state index contributed by atoms with van der Waals surface area (Å²) in [6.07, 6.45) is 1.42. The smallest absolute Gasteiger partial charge is 0.231 e. The Hall–Kier alpha value is -1.22. The third-order valence-electron chi connectivity index (χ3n) is 3.23. The van der Waals surface area contributed by atoms with E-state index in [9.17, 15) is 4.79 Å². The Morgan fingerprint density at radius 1 is 1.33 bits per heavy atom. The van der Waals surface area contributed by atoms with Crippen molar-refractivity contribution in [2.45, 2.75) is 39.0 Å². The highest BCUT2D eigenvalue weighted by atomic mass is 35.5. The lowest BCUT2D eigenvalue weighted by atomic mass is 9.87. The van der Waals surface area contributed by atoms with E-state index in [-0.39, 0.29) is 12.7 Å². The fraction of sp³-hybridized carbons (Fsp3) is 0.500. The van der Waals surface area contributed by atoms with Gasteiger partial charge in [-0.25, -0.2) is 0 Å². The van der Waals surface area contributed by atoms with Crippen LogP contribution in [0.5, 0.6) is 11.5 Å². The van der Waals surface area contributed by atoms with E-state index in [2.05, 4.69) is 13.8 Å². The van der Waals surface area contributed by atoms with E-state index >= 15 is 0 Å². The zero-order valence-corrected chi connectivity index (χ0v) is 11.6. The van der Waals surface area contributed by atoms with Crippen LogP contribution in [-0.4, -0.2) is 13.1 Å². The first-order valence-electron chi connectivity index (χ1n) is 6.11. The number of rotatable bonds is 4. The Morgan fingerprint density at radius 3 is 2.61 bits per heavy atom. The number of hydrogen-bond acceptors (Lipinski definition) is 3. The molecule has 1 aromatic carbocycles. The zero-order chi connectivity index (χ0) is 13.3. The van der Waals surface area contributed by atoms with Gasteiger partial charge in [-0.3, -0.25) is 0 Å². The molecular weight excluding hydrogens is 252 g/mol. The van der Waals surface area contributed by atoms with Gasteiger partial charge < -0.3 is 14.3 Å². The molecule has 0 radical (unpaired) electrons. The molecule has 0 aliphatic carbocycles. The summed E-state index contributed by atoms with van der Waals surface area (Å²) in [6.45, 7) is 6.43. The second-order valence-electron chi connectivity index (χ2n) is 4.88. The highest BCUT2D eigenvalue weighted by molar-refractivity contribution is 6.32. The van der Waals surface area contributed by atoms with Crippen LogP contribution in [0.3, 0.4) is 0 Å². The first-order valence-corrected chi connectivity index (χ1v) is 6.49. The maximum Gasteiger partial charge on any atom is 0.231 e. The summed E-state index contributed by atoms with van der Waals surface area (Å²) in [6, 6.07) is 1.90. The van der Waals surface area contributed by atoms with Gasteiger partial charge in [0, 0.05) is 12.0 Å². The Balaban J connectivity index is 2.58. The maximum atomic E-state index is 10.7. The van der Waals surface area contributed by atoms with Gasteiger partial charge in [0.25, 0.3) is 0 Å². The first-order chi connectivity index (χ1) is 8.56. The molecule has 0 saturated carbocycles. The zero-order valence-electron chi connectivity index (χ0n) is 10.8. The Labute approximate surface area is 112 Å². The van der Waals surface area contributed by atoms with Crippen LogP contribution in [0.15, 0.2) is 6.07 Å². The molecule has 0 fully saturated rings. The van der Waals surface area contributed by atoms with Gasteiger partial charge in [-0.15, -0.1) is 0 Å². The quantitative estimate of drug-likeness (QED) is 0.778. The number of carbonyl (C=O) groups is 1. The van der Waals surface area contributed by atoms with E-state index < -0.39 is 0 Å². The molecule has 0 saturated heterocycles. The van der Waals surface area contributed by atoms with Crippen molar-refractivity contribution >= 4 is 17.9 Å². The second-order valence-corrected chi connectivity index (χ2v) is 5.29. The number of fused-ring (bicyclic) bond motifs is 1. The van der Waals surface area contributed by atoms with Gasteiger partial charge in [0.1, 0.15) is 6.29 Å². The standard InChI is InChI=1S/C14H17ClO3/c1-8(2)12-10(9(3)4-5-16)6-11(15)13-14(12)18-7-17-13/h5-6,8-9H,4,7H2,1-3H3. The first kappa shape index (κ1) is 13.2. The third-order valence-corrected chi connectivity index (χ3v) is 3.51. The van der Waals surface area contributed by atoms with Crippen LogP contribution < -0.4 is 9.47 Å². The average Bonchev–Trinajstić information content (AvgIpc) is 2.77. The van der Waals surface area contributed by atoms with Crippen molar-refractivity contribution < 1.29 is 14.3 Å². The van der Waals surface area contributed by atoms with Crippen LogP contribution in [0.1, 0.15) is 50.2 Å². The van der Waals surface area contributed by atoms with Crippen LogP contribution in [0.4, 0.5) is 0 Å². The number of benzene rings is 1. The third kappa shape index (κ3) is 2.19. The molecule has 1 aliphatic heterocycles. The monoisotopic (exact) mass is 268 g/mol. The summed E-state index contributed by atoms with van der Waals surface area (Å²) in [7, 11) is 0. The predicted octanol–water partition coefficient (Wildman–Crippen LogP) is 3.88. The van der Waals surface area contributed by atoms with Gasteiger partial charge >= 0.3 is 0 Å². The molecule has 1 atom stereocenters. The Bertz CT molecular complexity index is 469. The molecule has 18 heavy (non-hydrogen) atoms. The van der Waals surface area contributed by atoms with E-state index in [1.54, 1.807) is 0 Å². The lowest BCUT2D eigenvalue weighted by Gasteiger charge is -2.20. The van der Waals surface area contributed by atoms with Crippen molar-refractivity contribution in [3.8, 4) is 11.5 Å². The van der Waals surface area contributed by atoms with Crippen LogP contribution in [-0.2, 0) is 4.79 Å². The Morgan fingerprint density at radius 2 is 2.00 bits per heavy atom. The number of carbonyl (C=O) groups excluding carboxylic acids is 1. The molecule has 0 N–H and O–H groups in total. The van der Waals surface area contributed by atoms with Crippen molar-refractivity contribution in [2.75, 3.05) is 6.79 Å². The number of hydrogen-bond donors (Lipinski definition) is 0. The average molecular weight is 269 g/mol. The minimum Gasteiger partial charge on any atom is -0.453 e. The molecule has 1 aliphatic rings. The van der Waals surface area contributed by atoms with Crippen molar-refractivity contribution in [3.63, 3.8) is 0 Å². The van der Waals surface area contributed by atoms with E-state index in [0.29, 0.717) is 23.1 Å². The summed E-state index contributed by atoms with van der Waals surface area (Å²) in [5.41, 5.74) is 2.17. The molecule has 3 nitrogen and oxygen atoms in total.